The number of morpholine rings is 1. The molecule has 2 N–H and O–H groups in total. The molecule has 0 spiro atoms. The first-order valence-electron chi connectivity index (χ1n) is 11.4. The number of aliphatic imine (C=N–C) groups is 1. The van der Waals surface area contributed by atoms with Crippen LogP contribution in [0.1, 0.15) is 25.3 Å². The van der Waals surface area contributed by atoms with Gasteiger partial charge in [0.2, 0.25) is 0 Å². The van der Waals surface area contributed by atoms with Gasteiger partial charge in [0.05, 0.1) is 13.2 Å². The van der Waals surface area contributed by atoms with Crippen molar-refractivity contribution in [2.45, 2.75) is 26.2 Å². The van der Waals surface area contributed by atoms with E-state index in [-0.39, 0.29) is 24.0 Å². The van der Waals surface area contributed by atoms with Crippen LogP contribution in [0.3, 0.4) is 0 Å². The van der Waals surface area contributed by atoms with Crippen molar-refractivity contribution in [1.29, 1.82) is 0 Å². The summed E-state index contributed by atoms with van der Waals surface area (Å²) in [7, 11) is 0. The Morgan fingerprint density at radius 2 is 1.87 bits per heavy atom. The highest BCUT2D eigenvalue weighted by Crippen LogP contribution is 2.17. The minimum atomic E-state index is 0. The van der Waals surface area contributed by atoms with E-state index in [0.717, 1.165) is 77.8 Å². The Kier molecular flexibility index (Phi) is 12.7. The number of rotatable bonds is 10. The smallest absolute Gasteiger partial charge is 0.191 e. The molecule has 1 aromatic carbocycles. The van der Waals surface area contributed by atoms with Gasteiger partial charge in [0, 0.05) is 45.8 Å². The average Bonchev–Trinajstić information content (AvgIpc) is 3.23. The second-order valence-corrected chi connectivity index (χ2v) is 8.14. The Morgan fingerprint density at radius 3 is 2.63 bits per heavy atom. The van der Waals surface area contributed by atoms with E-state index >= 15 is 0 Å². The standard InChI is InChI=1S/C23H39N5O.HI/c1-2-24-23(25-11-6-12-27-15-17-29-18-16-27)26-19-22-10-14-28(20-22)13-9-21-7-4-3-5-8-21;/h3-5,7-8,22H,2,6,9-20H2,1H3,(H2,24,25,26);1H. The molecule has 30 heavy (non-hydrogen) atoms. The first-order valence-corrected chi connectivity index (χ1v) is 11.4. The zero-order valence-electron chi connectivity index (χ0n) is 18.5. The second-order valence-electron chi connectivity index (χ2n) is 8.14. The number of hydrogen-bond acceptors (Lipinski definition) is 4. The minimum absolute atomic E-state index is 0. The molecule has 2 aliphatic rings. The first kappa shape index (κ1) is 25.4. The van der Waals surface area contributed by atoms with Gasteiger partial charge < -0.3 is 20.3 Å². The Labute approximate surface area is 199 Å². The van der Waals surface area contributed by atoms with Gasteiger partial charge in [-0.2, -0.15) is 0 Å². The van der Waals surface area contributed by atoms with Crippen LogP contribution in [0.2, 0.25) is 0 Å². The number of nitrogens with zero attached hydrogens (tertiary/aromatic N) is 3. The summed E-state index contributed by atoms with van der Waals surface area (Å²) in [5.41, 5.74) is 1.43. The molecule has 1 aromatic rings. The van der Waals surface area contributed by atoms with E-state index < -0.39 is 0 Å². The Morgan fingerprint density at radius 1 is 1.07 bits per heavy atom. The summed E-state index contributed by atoms with van der Waals surface area (Å²) in [6, 6.07) is 10.8. The maximum absolute atomic E-state index is 5.41. The molecule has 6 nitrogen and oxygen atoms in total. The fraction of sp³-hybridized carbons (Fsp3) is 0.696. The number of nitrogens with one attached hydrogen (secondary N) is 2. The van der Waals surface area contributed by atoms with E-state index in [1.807, 2.05) is 0 Å². The molecule has 0 saturated carbocycles. The van der Waals surface area contributed by atoms with Crippen LogP contribution in [0, 0.1) is 5.92 Å². The van der Waals surface area contributed by atoms with Gasteiger partial charge in [0.25, 0.3) is 0 Å². The van der Waals surface area contributed by atoms with E-state index in [1.165, 1.54) is 25.1 Å². The largest absolute Gasteiger partial charge is 0.379 e. The van der Waals surface area contributed by atoms with Crippen molar-refractivity contribution in [3.05, 3.63) is 35.9 Å². The summed E-state index contributed by atoms with van der Waals surface area (Å²) < 4.78 is 5.41. The Hall–Kier alpha value is -0.900. The van der Waals surface area contributed by atoms with Crippen molar-refractivity contribution < 1.29 is 4.74 Å². The van der Waals surface area contributed by atoms with E-state index in [4.69, 9.17) is 9.73 Å². The van der Waals surface area contributed by atoms with Crippen LogP contribution < -0.4 is 10.6 Å². The van der Waals surface area contributed by atoms with Crippen LogP contribution in [-0.2, 0) is 11.2 Å². The van der Waals surface area contributed by atoms with Crippen molar-refractivity contribution >= 4 is 29.9 Å². The lowest BCUT2D eigenvalue weighted by Crippen LogP contribution is -2.41. The van der Waals surface area contributed by atoms with E-state index in [0.29, 0.717) is 5.92 Å². The molecule has 0 radical (unpaired) electrons. The second kappa shape index (κ2) is 15.0. The molecule has 0 aromatic heterocycles. The maximum Gasteiger partial charge on any atom is 0.191 e. The van der Waals surface area contributed by atoms with Crippen LogP contribution in [0.4, 0.5) is 0 Å². The number of guanidine groups is 1. The number of likely N-dealkylation sites (tertiary alicyclic amines) is 1. The molecule has 0 amide bonds. The van der Waals surface area contributed by atoms with Crippen molar-refractivity contribution in [1.82, 2.24) is 20.4 Å². The Bertz CT molecular complexity index is 595. The third-order valence-corrected chi connectivity index (χ3v) is 5.83. The van der Waals surface area contributed by atoms with Gasteiger partial charge in [-0.3, -0.25) is 9.89 Å². The third-order valence-electron chi connectivity index (χ3n) is 5.83. The molecule has 2 fully saturated rings. The molecule has 2 heterocycles. The van der Waals surface area contributed by atoms with Crippen molar-refractivity contribution in [3.63, 3.8) is 0 Å². The molecule has 1 unspecified atom stereocenters. The highest BCUT2D eigenvalue weighted by atomic mass is 127. The maximum atomic E-state index is 5.41. The van der Waals surface area contributed by atoms with Gasteiger partial charge in [-0.05, 0) is 50.8 Å². The van der Waals surface area contributed by atoms with Gasteiger partial charge in [-0.25, -0.2) is 0 Å². The molecule has 0 aliphatic carbocycles. The van der Waals surface area contributed by atoms with Crippen LogP contribution in [-0.4, -0.2) is 87.9 Å². The summed E-state index contributed by atoms with van der Waals surface area (Å²) in [5, 5.41) is 6.90. The lowest BCUT2D eigenvalue weighted by Gasteiger charge is -2.26. The van der Waals surface area contributed by atoms with Crippen LogP contribution >= 0.6 is 24.0 Å². The van der Waals surface area contributed by atoms with E-state index in [1.54, 1.807) is 0 Å². The molecular weight excluding hydrogens is 489 g/mol. The predicted octanol–water partition coefficient (Wildman–Crippen LogP) is 2.45. The summed E-state index contributed by atoms with van der Waals surface area (Å²) >= 11 is 0. The normalized spacial score (nSPS) is 20.7. The molecule has 2 aliphatic heterocycles. The molecule has 0 bridgehead atoms. The van der Waals surface area contributed by atoms with Crippen LogP contribution in [0.25, 0.3) is 0 Å². The zero-order chi connectivity index (χ0) is 20.2. The average molecular weight is 530 g/mol. The summed E-state index contributed by atoms with van der Waals surface area (Å²) in [4.78, 5) is 9.94. The van der Waals surface area contributed by atoms with Gasteiger partial charge in [0.1, 0.15) is 0 Å². The number of hydrogen-bond donors (Lipinski definition) is 2. The summed E-state index contributed by atoms with van der Waals surface area (Å²) in [5.74, 6) is 1.65. The van der Waals surface area contributed by atoms with Gasteiger partial charge in [0.15, 0.2) is 5.96 Å². The van der Waals surface area contributed by atoms with E-state index in [2.05, 4.69) is 57.7 Å². The minimum Gasteiger partial charge on any atom is -0.379 e. The number of halogens is 1. The first-order chi connectivity index (χ1) is 14.3. The van der Waals surface area contributed by atoms with Gasteiger partial charge in [-0.1, -0.05) is 30.3 Å². The monoisotopic (exact) mass is 529 g/mol. The van der Waals surface area contributed by atoms with E-state index in [9.17, 15) is 0 Å². The molecule has 170 valence electrons. The molecule has 2 saturated heterocycles. The molecule has 3 rings (SSSR count). The fourth-order valence-electron chi connectivity index (χ4n) is 4.09. The SMILES string of the molecule is CCNC(=NCC1CCN(CCc2ccccc2)C1)NCCCN1CCOCC1.I. The van der Waals surface area contributed by atoms with Crippen LogP contribution in [0.15, 0.2) is 35.3 Å². The molecule has 1 atom stereocenters. The van der Waals surface area contributed by atoms with Gasteiger partial charge >= 0.3 is 0 Å². The van der Waals surface area contributed by atoms with Crippen molar-refractivity contribution in [2.24, 2.45) is 10.9 Å². The lowest BCUT2D eigenvalue weighted by molar-refractivity contribution is 0.0376. The summed E-state index contributed by atoms with van der Waals surface area (Å²) in [6.45, 7) is 13.5. The lowest BCUT2D eigenvalue weighted by atomic mass is 10.1. The third kappa shape index (κ3) is 9.49. The number of ether oxygens (including phenoxy) is 1. The summed E-state index contributed by atoms with van der Waals surface area (Å²) in [6.07, 6.45) is 3.54. The van der Waals surface area contributed by atoms with Crippen molar-refractivity contribution in [3.8, 4) is 0 Å². The highest BCUT2D eigenvalue weighted by Gasteiger charge is 2.21. The van der Waals surface area contributed by atoms with Crippen LogP contribution in [0.5, 0.6) is 0 Å². The molecule has 7 heteroatoms. The molecular formula is C23H40IN5O. The number of benzene rings is 1. The Balaban J connectivity index is 0.00000320. The van der Waals surface area contributed by atoms with Gasteiger partial charge in [-0.15, -0.1) is 24.0 Å². The fourth-order valence-corrected chi connectivity index (χ4v) is 4.09. The zero-order valence-corrected chi connectivity index (χ0v) is 20.9. The predicted molar refractivity (Wildman–Crippen MR) is 136 cm³/mol. The van der Waals surface area contributed by atoms with Crippen molar-refractivity contribution in [2.75, 3.05) is 72.1 Å². The topological polar surface area (TPSA) is 52.1 Å². The quantitative estimate of drug-likeness (QED) is 0.211. The highest BCUT2D eigenvalue weighted by molar-refractivity contribution is 14.0.